The van der Waals surface area contributed by atoms with Crippen molar-refractivity contribution < 1.29 is 4.39 Å². The van der Waals surface area contributed by atoms with Gasteiger partial charge in [0.15, 0.2) is 0 Å². The predicted molar refractivity (Wildman–Crippen MR) is 95.7 cm³/mol. The minimum atomic E-state index is -0.125. The first-order chi connectivity index (χ1) is 10.2. The summed E-state index contributed by atoms with van der Waals surface area (Å²) in [6.45, 7) is 14.5. The molecule has 0 saturated carbocycles. The Morgan fingerprint density at radius 3 is 2.55 bits per heavy atom. The lowest BCUT2D eigenvalue weighted by Gasteiger charge is -2.17. The van der Waals surface area contributed by atoms with Crippen LogP contribution in [0, 0.1) is 18.7 Å². The van der Waals surface area contributed by atoms with E-state index < -0.39 is 0 Å². The van der Waals surface area contributed by atoms with Gasteiger partial charge in [-0.05, 0) is 56.9 Å². The van der Waals surface area contributed by atoms with Crippen LogP contribution in [0.15, 0.2) is 18.3 Å². The van der Waals surface area contributed by atoms with Gasteiger partial charge in [-0.1, -0.05) is 25.8 Å². The van der Waals surface area contributed by atoms with E-state index in [2.05, 4.69) is 50.1 Å². The topological polar surface area (TPSA) is 17.0 Å². The normalized spacial score (nSPS) is 12.5. The molecule has 2 rings (SSSR count). The van der Waals surface area contributed by atoms with Gasteiger partial charge in [-0.25, -0.2) is 4.39 Å². The van der Waals surface area contributed by atoms with Crippen molar-refractivity contribution in [3.05, 3.63) is 35.3 Å². The van der Waals surface area contributed by atoms with Crippen molar-refractivity contribution in [1.29, 1.82) is 0 Å². The van der Waals surface area contributed by atoms with E-state index in [4.69, 9.17) is 0 Å². The second-order valence-corrected chi connectivity index (χ2v) is 9.07. The van der Waals surface area contributed by atoms with Crippen LogP contribution in [0.2, 0.25) is 0 Å². The van der Waals surface area contributed by atoms with Crippen molar-refractivity contribution in [2.45, 2.75) is 59.4 Å². The molecular weight excluding hydrogens is 295 g/mol. The van der Waals surface area contributed by atoms with E-state index in [0.29, 0.717) is 11.5 Å². The molecule has 0 fully saturated rings. The Morgan fingerprint density at radius 2 is 1.95 bits per heavy atom. The Hall–Kier alpha value is -1.00. The van der Waals surface area contributed by atoms with Crippen LogP contribution >= 0.6 is 11.9 Å². The summed E-state index contributed by atoms with van der Waals surface area (Å²) < 4.78 is 19.8. The van der Waals surface area contributed by atoms with Crippen molar-refractivity contribution in [2.24, 2.45) is 5.92 Å². The summed E-state index contributed by atoms with van der Waals surface area (Å²) in [7, 11) is 0. The Bertz CT molecular complexity index is 653. The molecule has 2 aromatic rings. The molecule has 4 heteroatoms. The molecule has 0 unspecified atom stereocenters. The summed E-state index contributed by atoms with van der Waals surface area (Å²) in [6.07, 6.45) is 2.17. The Labute approximate surface area is 137 Å². The van der Waals surface area contributed by atoms with Crippen LogP contribution < -0.4 is 4.72 Å². The van der Waals surface area contributed by atoms with Gasteiger partial charge < -0.3 is 4.57 Å². The monoisotopic (exact) mass is 322 g/mol. The zero-order valence-electron chi connectivity index (χ0n) is 14.5. The lowest BCUT2D eigenvalue weighted by molar-refractivity contribution is 0.534. The number of halogens is 1. The maximum atomic E-state index is 14.0. The number of aromatic nitrogens is 1. The van der Waals surface area contributed by atoms with Crippen LogP contribution in [-0.4, -0.2) is 9.31 Å². The van der Waals surface area contributed by atoms with E-state index in [1.54, 1.807) is 18.0 Å². The van der Waals surface area contributed by atoms with Crippen LogP contribution in [0.25, 0.3) is 10.9 Å². The van der Waals surface area contributed by atoms with Crippen LogP contribution in [0.4, 0.5) is 4.39 Å². The number of fused-ring (bicyclic) bond motifs is 1. The van der Waals surface area contributed by atoms with Crippen molar-refractivity contribution in [3.8, 4) is 0 Å². The summed E-state index contributed by atoms with van der Waals surface area (Å²) in [5.41, 5.74) is 3.00. The molecule has 0 bridgehead atoms. The zero-order valence-corrected chi connectivity index (χ0v) is 15.3. The van der Waals surface area contributed by atoms with E-state index in [1.165, 1.54) is 0 Å². The molecule has 1 N–H and O–H groups in total. The first-order valence-electron chi connectivity index (χ1n) is 7.86. The summed E-state index contributed by atoms with van der Waals surface area (Å²) in [5, 5.41) is 1.02. The zero-order chi connectivity index (χ0) is 16.5. The average Bonchev–Trinajstić information content (AvgIpc) is 2.66. The van der Waals surface area contributed by atoms with E-state index in [1.807, 2.05) is 13.0 Å². The second-order valence-electron chi connectivity index (χ2n) is 7.35. The third kappa shape index (κ3) is 4.26. The van der Waals surface area contributed by atoms with Gasteiger partial charge in [0, 0.05) is 34.9 Å². The molecule has 0 atom stereocenters. The maximum absolute atomic E-state index is 14.0. The molecule has 22 heavy (non-hydrogen) atoms. The average molecular weight is 322 g/mol. The number of hydrogen-bond acceptors (Lipinski definition) is 2. The number of nitrogens with one attached hydrogen (secondary N) is 1. The van der Waals surface area contributed by atoms with Gasteiger partial charge in [0.05, 0.1) is 0 Å². The Kier molecular flexibility index (Phi) is 5.23. The summed E-state index contributed by atoms with van der Waals surface area (Å²) in [4.78, 5) is 0. The highest BCUT2D eigenvalue weighted by Crippen LogP contribution is 2.27. The van der Waals surface area contributed by atoms with Crippen molar-refractivity contribution in [1.82, 2.24) is 9.29 Å². The second kappa shape index (κ2) is 6.63. The Balaban J connectivity index is 2.34. The van der Waals surface area contributed by atoms with Crippen LogP contribution in [-0.2, 0) is 13.1 Å². The number of aryl methyl sites for hydroxylation is 1. The van der Waals surface area contributed by atoms with Crippen molar-refractivity contribution in [3.63, 3.8) is 0 Å². The fourth-order valence-corrected chi connectivity index (χ4v) is 3.16. The number of rotatable bonds is 5. The predicted octanol–water partition coefficient (Wildman–Crippen LogP) is 5.28. The first kappa shape index (κ1) is 17.4. The molecule has 0 aliphatic rings. The fourth-order valence-electron chi connectivity index (χ4n) is 2.50. The number of hydrogen-bond donors (Lipinski definition) is 1. The molecule has 0 spiro atoms. The molecule has 0 radical (unpaired) electrons. The maximum Gasteiger partial charge on any atom is 0.126 e. The van der Waals surface area contributed by atoms with Crippen molar-refractivity contribution >= 4 is 22.9 Å². The van der Waals surface area contributed by atoms with Gasteiger partial charge >= 0.3 is 0 Å². The summed E-state index contributed by atoms with van der Waals surface area (Å²) in [6, 6.07) is 3.65. The number of nitrogens with zero attached hydrogens (tertiary/aromatic N) is 1. The van der Waals surface area contributed by atoms with Crippen molar-refractivity contribution in [2.75, 3.05) is 0 Å². The van der Waals surface area contributed by atoms with Gasteiger partial charge in [-0.15, -0.1) is 0 Å². The third-order valence-electron chi connectivity index (χ3n) is 3.45. The standard InChI is InChI=1S/C18H27FN2S/c1-12(2)10-21-11-14(9-20-22-18(4,5)6)15-8-16(19)13(3)7-17(15)21/h7-8,11-12,20H,9-10H2,1-6H3. The highest BCUT2D eigenvalue weighted by Gasteiger charge is 2.14. The molecule has 0 amide bonds. The molecule has 0 aliphatic heterocycles. The highest BCUT2D eigenvalue weighted by molar-refractivity contribution is 7.98. The largest absolute Gasteiger partial charge is 0.347 e. The van der Waals surface area contributed by atoms with Crippen LogP contribution in [0.3, 0.4) is 0 Å². The van der Waals surface area contributed by atoms with E-state index >= 15 is 0 Å². The molecule has 1 aromatic heterocycles. The van der Waals surface area contributed by atoms with Gasteiger partial charge in [0.2, 0.25) is 0 Å². The van der Waals surface area contributed by atoms with Gasteiger partial charge in [0.1, 0.15) is 5.82 Å². The molecule has 0 aliphatic carbocycles. The van der Waals surface area contributed by atoms with Gasteiger partial charge in [-0.2, -0.15) is 0 Å². The molecule has 122 valence electrons. The lowest BCUT2D eigenvalue weighted by Crippen LogP contribution is -2.16. The molecule has 2 nitrogen and oxygen atoms in total. The van der Waals surface area contributed by atoms with Gasteiger partial charge in [0.25, 0.3) is 0 Å². The molecule has 1 heterocycles. The van der Waals surface area contributed by atoms with Crippen LogP contribution in [0.1, 0.15) is 45.7 Å². The minimum absolute atomic E-state index is 0.125. The van der Waals surface area contributed by atoms with E-state index in [-0.39, 0.29) is 10.6 Å². The van der Waals surface area contributed by atoms with E-state index in [0.717, 1.165) is 29.6 Å². The third-order valence-corrected chi connectivity index (χ3v) is 4.35. The van der Waals surface area contributed by atoms with Crippen LogP contribution in [0.5, 0.6) is 0 Å². The fraction of sp³-hybridized carbons (Fsp3) is 0.556. The molecule has 1 aromatic carbocycles. The molecular formula is C18H27FN2S. The van der Waals surface area contributed by atoms with E-state index in [9.17, 15) is 4.39 Å². The Morgan fingerprint density at radius 1 is 1.27 bits per heavy atom. The quantitative estimate of drug-likeness (QED) is 0.754. The SMILES string of the molecule is Cc1cc2c(cc1F)c(CNSC(C)(C)C)cn2CC(C)C. The van der Waals surface area contributed by atoms with Gasteiger partial charge in [-0.3, -0.25) is 4.72 Å². The lowest BCUT2D eigenvalue weighted by atomic mass is 10.1. The smallest absolute Gasteiger partial charge is 0.126 e. The summed E-state index contributed by atoms with van der Waals surface area (Å²) >= 11 is 1.71. The molecule has 0 saturated heterocycles. The summed E-state index contributed by atoms with van der Waals surface area (Å²) in [5.74, 6) is 0.435. The number of benzene rings is 1. The minimum Gasteiger partial charge on any atom is -0.347 e. The highest BCUT2D eigenvalue weighted by atomic mass is 32.2. The first-order valence-corrected chi connectivity index (χ1v) is 8.68.